The van der Waals surface area contributed by atoms with E-state index < -0.39 is 6.04 Å². The zero-order valence-electron chi connectivity index (χ0n) is 17.6. The van der Waals surface area contributed by atoms with E-state index in [-0.39, 0.29) is 6.03 Å². The zero-order valence-corrected chi connectivity index (χ0v) is 17.6. The largest absolute Gasteiger partial charge is 0.493 e. The van der Waals surface area contributed by atoms with Gasteiger partial charge in [0.2, 0.25) is 5.89 Å². The third-order valence-corrected chi connectivity index (χ3v) is 5.13. The van der Waals surface area contributed by atoms with Crippen LogP contribution in [0.2, 0.25) is 0 Å². The van der Waals surface area contributed by atoms with E-state index in [1.54, 1.807) is 44.4 Å². The summed E-state index contributed by atoms with van der Waals surface area (Å²) in [6, 6.07) is 12.2. The predicted octanol–water partition coefficient (Wildman–Crippen LogP) is 3.61. The Bertz CT molecular complexity index is 1070. The van der Waals surface area contributed by atoms with Crippen LogP contribution >= 0.6 is 0 Å². The Morgan fingerprint density at radius 2 is 1.97 bits per heavy atom. The van der Waals surface area contributed by atoms with Crippen LogP contribution in [0.3, 0.4) is 0 Å². The summed E-state index contributed by atoms with van der Waals surface area (Å²) >= 11 is 0. The molecule has 9 heteroatoms. The molecule has 3 aromatic rings. The molecule has 9 nitrogen and oxygen atoms in total. The number of para-hydroxylation sites is 1. The van der Waals surface area contributed by atoms with Crippen molar-refractivity contribution in [3.8, 4) is 11.5 Å². The van der Waals surface area contributed by atoms with Crippen LogP contribution in [0.25, 0.3) is 0 Å². The van der Waals surface area contributed by atoms with Gasteiger partial charge in [-0.15, -0.1) is 0 Å². The summed E-state index contributed by atoms with van der Waals surface area (Å²) < 4.78 is 21.2. The second kappa shape index (κ2) is 9.05. The number of carbonyl (C=O) groups is 1. The highest BCUT2D eigenvalue weighted by Crippen LogP contribution is 2.40. The number of methoxy groups -OCH3 is 3. The highest BCUT2D eigenvalue weighted by Gasteiger charge is 2.38. The van der Waals surface area contributed by atoms with Crippen LogP contribution in [0.5, 0.6) is 11.5 Å². The molecule has 0 spiro atoms. The number of nitrogens with one attached hydrogen (secondary N) is 1. The Labute approximate surface area is 179 Å². The van der Waals surface area contributed by atoms with E-state index in [0.29, 0.717) is 48.4 Å². The average Bonchev–Trinajstić information content (AvgIpc) is 3.42. The van der Waals surface area contributed by atoms with Crippen molar-refractivity contribution in [2.75, 3.05) is 38.2 Å². The fourth-order valence-corrected chi connectivity index (χ4v) is 3.63. The van der Waals surface area contributed by atoms with Gasteiger partial charge in [-0.1, -0.05) is 23.4 Å². The highest BCUT2D eigenvalue weighted by atomic mass is 16.5. The van der Waals surface area contributed by atoms with Gasteiger partial charge >= 0.3 is 6.03 Å². The van der Waals surface area contributed by atoms with Crippen molar-refractivity contribution in [2.24, 2.45) is 0 Å². The maximum absolute atomic E-state index is 13.3. The number of benzene rings is 2. The Morgan fingerprint density at radius 3 is 2.74 bits per heavy atom. The van der Waals surface area contributed by atoms with Gasteiger partial charge in [-0.3, -0.25) is 4.90 Å². The molecule has 0 bridgehead atoms. The van der Waals surface area contributed by atoms with E-state index in [1.165, 1.54) is 0 Å². The van der Waals surface area contributed by atoms with Gasteiger partial charge in [0.25, 0.3) is 0 Å². The zero-order chi connectivity index (χ0) is 21.8. The summed E-state index contributed by atoms with van der Waals surface area (Å²) in [6.45, 7) is 0.493. The van der Waals surface area contributed by atoms with Crippen LogP contribution in [-0.4, -0.2) is 44.1 Å². The van der Waals surface area contributed by atoms with Crippen molar-refractivity contribution in [1.29, 1.82) is 0 Å². The SMILES string of the molecule is COCCc1noc(C2Cc3ccccc3N2C(=O)Nc2ccc(OC)c(OC)c2)n1. The molecule has 4 rings (SSSR count). The molecule has 1 N–H and O–H groups in total. The third kappa shape index (κ3) is 4.17. The van der Waals surface area contributed by atoms with Gasteiger partial charge in [0.15, 0.2) is 17.3 Å². The number of aromatic nitrogens is 2. The van der Waals surface area contributed by atoms with E-state index in [0.717, 1.165) is 11.3 Å². The van der Waals surface area contributed by atoms with Crippen LogP contribution in [-0.2, 0) is 17.6 Å². The molecule has 1 unspecified atom stereocenters. The maximum atomic E-state index is 13.3. The number of rotatable bonds is 7. The van der Waals surface area contributed by atoms with Gasteiger partial charge in [0.05, 0.1) is 20.8 Å². The number of carbonyl (C=O) groups excluding carboxylic acids is 1. The number of urea groups is 1. The lowest BCUT2D eigenvalue weighted by Crippen LogP contribution is -2.36. The first kappa shape index (κ1) is 20.7. The number of fused-ring (bicyclic) bond motifs is 1. The van der Waals surface area contributed by atoms with Crippen molar-refractivity contribution in [3.63, 3.8) is 0 Å². The monoisotopic (exact) mass is 424 g/mol. The molecule has 162 valence electrons. The lowest BCUT2D eigenvalue weighted by Gasteiger charge is -2.23. The molecule has 2 aromatic carbocycles. The summed E-state index contributed by atoms with van der Waals surface area (Å²) in [4.78, 5) is 19.5. The normalized spacial score (nSPS) is 14.9. The number of nitrogens with zero attached hydrogens (tertiary/aromatic N) is 3. The smallest absolute Gasteiger partial charge is 0.327 e. The van der Waals surface area contributed by atoms with E-state index in [1.807, 2.05) is 24.3 Å². The van der Waals surface area contributed by atoms with Crippen LogP contribution in [0, 0.1) is 0 Å². The Hall–Kier alpha value is -3.59. The molecule has 0 saturated heterocycles. The average molecular weight is 424 g/mol. The number of hydrogen-bond donors (Lipinski definition) is 1. The van der Waals surface area contributed by atoms with Crippen LogP contribution < -0.4 is 19.7 Å². The minimum Gasteiger partial charge on any atom is -0.493 e. The van der Waals surface area contributed by atoms with Crippen LogP contribution in [0.4, 0.5) is 16.2 Å². The van der Waals surface area contributed by atoms with E-state index in [4.69, 9.17) is 18.7 Å². The second-order valence-corrected chi connectivity index (χ2v) is 7.01. The van der Waals surface area contributed by atoms with Crippen molar-refractivity contribution in [2.45, 2.75) is 18.9 Å². The minimum atomic E-state index is -0.402. The van der Waals surface area contributed by atoms with Crippen LogP contribution in [0.1, 0.15) is 23.3 Å². The first-order chi connectivity index (χ1) is 15.1. The molecule has 0 radical (unpaired) electrons. The number of amides is 2. The van der Waals surface area contributed by atoms with Gasteiger partial charge in [-0.05, 0) is 23.8 Å². The summed E-state index contributed by atoms with van der Waals surface area (Å²) in [5, 5.41) is 6.96. The molecule has 2 amide bonds. The molecule has 1 atom stereocenters. The third-order valence-electron chi connectivity index (χ3n) is 5.13. The first-order valence-corrected chi connectivity index (χ1v) is 9.86. The molecule has 2 heterocycles. The quantitative estimate of drug-likeness (QED) is 0.618. The van der Waals surface area contributed by atoms with Crippen LogP contribution in [0.15, 0.2) is 47.0 Å². The highest BCUT2D eigenvalue weighted by molar-refractivity contribution is 6.03. The topological polar surface area (TPSA) is 99.0 Å². The lowest BCUT2D eigenvalue weighted by atomic mass is 10.1. The maximum Gasteiger partial charge on any atom is 0.327 e. The van der Waals surface area contributed by atoms with Gasteiger partial charge in [-0.25, -0.2) is 4.79 Å². The van der Waals surface area contributed by atoms with E-state index in [2.05, 4.69) is 15.5 Å². The molecule has 0 aliphatic carbocycles. The van der Waals surface area contributed by atoms with Gasteiger partial charge in [0, 0.05) is 37.4 Å². The standard InChI is InChI=1S/C22H24N4O5/c1-28-11-10-20-24-21(31-25-20)17-12-14-6-4-5-7-16(14)26(17)22(27)23-15-8-9-18(29-2)19(13-15)30-3/h4-9,13,17H,10-12H2,1-3H3,(H,23,27). The first-order valence-electron chi connectivity index (χ1n) is 9.86. The summed E-state index contributed by atoms with van der Waals surface area (Å²) in [5.74, 6) is 2.05. The Balaban J connectivity index is 1.61. The summed E-state index contributed by atoms with van der Waals surface area (Å²) in [7, 11) is 4.73. The van der Waals surface area contributed by atoms with Crippen molar-refractivity contribution in [1.82, 2.24) is 10.1 Å². The van der Waals surface area contributed by atoms with E-state index in [9.17, 15) is 4.79 Å². The van der Waals surface area contributed by atoms with Gasteiger partial charge in [-0.2, -0.15) is 4.98 Å². The molecular weight excluding hydrogens is 400 g/mol. The van der Waals surface area contributed by atoms with Gasteiger partial charge in [0.1, 0.15) is 6.04 Å². The number of anilines is 2. The summed E-state index contributed by atoms with van der Waals surface area (Å²) in [6.07, 6.45) is 1.12. The van der Waals surface area contributed by atoms with Crippen molar-refractivity contribution < 1.29 is 23.5 Å². The molecule has 0 saturated carbocycles. The second-order valence-electron chi connectivity index (χ2n) is 7.01. The van der Waals surface area contributed by atoms with Crippen molar-refractivity contribution in [3.05, 3.63) is 59.7 Å². The molecule has 1 aromatic heterocycles. The lowest BCUT2D eigenvalue weighted by molar-refractivity contribution is 0.199. The summed E-state index contributed by atoms with van der Waals surface area (Å²) in [5.41, 5.74) is 2.42. The fraction of sp³-hybridized carbons (Fsp3) is 0.318. The van der Waals surface area contributed by atoms with Crippen molar-refractivity contribution >= 4 is 17.4 Å². The molecule has 1 aliphatic rings. The number of hydrogen-bond acceptors (Lipinski definition) is 7. The Morgan fingerprint density at radius 1 is 1.16 bits per heavy atom. The minimum absolute atomic E-state index is 0.307. The van der Waals surface area contributed by atoms with E-state index >= 15 is 0 Å². The molecule has 31 heavy (non-hydrogen) atoms. The Kier molecular flexibility index (Phi) is 6.03. The molecular formula is C22H24N4O5. The fourth-order valence-electron chi connectivity index (χ4n) is 3.63. The number of ether oxygens (including phenoxy) is 3. The predicted molar refractivity (Wildman–Crippen MR) is 114 cm³/mol. The molecule has 0 fully saturated rings. The molecule has 1 aliphatic heterocycles. The van der Waals surface area contributed by atoms with Gasteiger partial charge < -0.3 is 24.1 Å².